The number of benzene rings is 2. The van der Waals surface area contributed by atoms with Gasteiger partial charge in [-0.05, 0) is 37.1 Å². The molecule has 1 saturated heterocycles. The molecule has 13 heteroatoms. The molecule has 0 aliphatic carbocycles. The normalized spacial score (nSPS) is 20.2. The van der Waals surface area contributed by atoms with Crippen molar-refractivity contribution in [1.82, 2.24) is 14.5 Å². The van der Waals surface area contributed by atoms with Crippen LogP contribution in [0.2, 0.25) is 0 Å². The van der Waals surface area contributed by atoms with E-state index in [0.717, 1.165) is 18.2 Å². The van der Waals surface area contributed by atoms with Crippen LogP contribution in [0.15, 0.2) is 41.7 Å². The van der Waals surface area contributed by atoms with E-state index in [9.17, 15) is 32.3 Å². The summed E-state index contributed by atoms with van der Waals surface area (Å²) in [5.74, 6) is -2.57. The van der Waals surface area contributed by atoms with E-state index in [0.29, 0.717) is 18.8 Å². The van der Waals surface area contributed by atoms with E-state index in [-0.39, 0.29) is 67.6 Å². The van der Waals surface area contributed by atoms with Gasteiger partial charge in [0.15, 0.2) is 5.75 Å². The van der Waals surface area contributed by atoms with Gasteiger partial charge in [0.1, 0.15) is 30.0 Å². The largest absolute Gasteiger partial charge is 0.491 e. The minimum absolute atomic E-state index is 0.00303. The average Bonchev–Trinajstić information content (AvgIpc) is 3.18. The molecule has 0 amide bonds. The second kappa shape index (κ2) is 11.4. The van der Waals surface area contributed by atoms with Crippen LogP contribution >= 0.6 is 0 Å². The Morgan fingerprint density at radius 3 is 2.60 bits per heavy atom. The van der Waals surface area contributed by atoms with E-state index < -0.39 is 52.5 Å². The predicted octanol–water partition coefficient (Wildman–Crippen LogP) is 4.51. The summed E-state index contributed by atoms with van der Waals surface area (Å²) >= 11 is 0. The molecule has 3 heterocycles. The van der Waals surface area contributed by atoms with E-state index in [1.807, 2.05) is 6.92 Å². The summed E-state index contributed by atoms with van der Waals surface area (Å²) in [6.45, 7) is 5.77. The number of hydrogen-bond acceptors (Lipinski definition) is 7. The molecule has 224 valence electrons. The average molecular weight is 593 g/mol. The molecule has 2 aromatic carbocycles. The van der Waals surface area contributed by atoms with Gasteiger partial charge in [0.05, 0.1) is 17.7 Å². The third-order valence-corrected chi connectivity index (χ3v) is 7.84. The molecule has 2 aliphatic heterocycles. The number of rotatable bonds is 7. The van der Waals surface area contributed by atoms with Gasteiger partial charge in [-0.2, -0.15) is 18.2 Å². The van der Waals surface area contributed by atoms with Gasteiger partial charge in [0.2, 0.25) is 0 Å². The van der Waals surface area contributed by atoms with Gasteiger partial charge in [0, 0.05) is 60.7 Å². The zero-order valence-electron chi connectivity index (χ0n) is 22.7. The summed E-state index contributed by atoms with van der Waals surface area (Å²) < 4.78 is 79.8. The maximum atomic E-state index is 15.0. The van der Waals surface area contributed by atoms with Gasteiger partial charge >= 0.3 is 11.9 Å². The maximum absolute atomic E-state index is 15.0. The number of carbonyl (C=O) groups is 1. The molecule has 5 rings (SSSR count). The van der Waals surface area contributed by atoms with Crippen molar-refractivity contribution in [2.45, 2.75) is 57.2 Å². The molecule has 3 aromatic rings. The molecule has 8 nitrogen and oxygen atoms in total. The van der Waals surface area contributed by atoms with Crippen LogP contribution in [0.4, 0.5) is 27.8 Å². The predicted molar refractivity (Wildman–Crippen MR) is 145 cm³/mol. The molecular weight excluding hydrogens is 563 g/mol. The van der Waals surface area contributed by atoms with E-state index in [4.69, 9.17) is 4.74 Å². The molecule has 0 spiro atoms. The molecule has 3 unspecified atom stereocenters. The summed E-state index contributed by atoms with van der Waals surface area (Å²) in [5.41, 5.74) is -3.11. The van der Waals surface area contributed by atoms with Crippen molar-refractivity contribution in [3.05, 3.63) is 64.6 Å². The number of aryl methyl sites for hydroxylation is 1. The van der Waals surface area contributed by atoms with Crippen LogP contribution in [0, 0.1) is 11.6 Å². The molecular formula is C29H29F5N4O4. The highest BCUT2D eigenvalue weighted by atomic mass is 19.4. The van der Waals surface area contributed by atoms with E-state index in [1.165, 1.54) is 10.6 Å². The lowest BCUT2D eigenvalue weighted by Crippen LogP contribution is -2.61. The van der Waals surface area contributed by atoms with Crippen LogP contribution in [-0.2, 0) is 17.5 Å². The van der Waals surface area contributed by atoms with Gasteiger partial charge in [-0.25, -0.2) is 13.6 Å². The third kappa shape index (κ3) is 5.15. The quantitative estimate of drug-likeness (QED) is 0.246. The Bertz CT molecular complexity index is 1590. The fourth-order valence-electron chi connectivity index (χ4n) is 6.01. The van der Waals surface area contributed by atoms with Crippen LogP contribution in [0.3, 0.4) is 0 Å². The number of piperazine rings is 1. The van der Waals surface area contributed by atoms with Crippen molar-refractivity contribution >= 4 is 23.0 Å². The smallest absolute Gasteiger partial charge is 0.417 e. The standard InChI is InChI=1S/C29H29F5N4O4/c1-3-17-14-36(15-18(8-10-39)38(17)23(40)4-2)27-20-13-21(29(32,33)34)24(19-7-6-16(30)12-22(19)31)26-25(20)37(28(41)35-27)9-5-11-42-26/h4,6-7,10,12-13,17-18,23,40H,2-3,5,8-9,11,14-15H2,1H3. The van der Waals surface area contributed by atoms with Crippen molar-refractivity contribution < 1.29 is 36.6 Å². The zero-order valence-corrected chi connectivity index (χ0v) is 22.7. The van der Waals surface area contributed by atoms with Gasteiger partial charge in [-0.3, -0.25) is 9.47 Å². The van der Waals surface area contributed by atoms with Gasteiger partial charge in [-0.15, -0.1) is 0 Å². The van der Waals surface area contributed by atoms with Crippen molar-refractivity contribution in [1.29, 1.82) is 0 Å². The molecule has 1 fully saturated rings. The van der Waals surface area contributed by atoms with Crippen molar-refractivity contribution in [2.24, 2.45) is 0 Å². The topological polar surface area (TPSA) is 87.9 Å². The Morgan fingerprint density at radius 2 is 1.95 bits per heavy atom. The van der Waals surface area contributed by atoms with Crippen molar-refractivity contribution in [3.8, 4) is 16.9 Å². The molecule has 42 heavy (non-hydrogen) atoms. The fraction of sp³-hybridized carbons (Fsp3) is 0.414. The minimum Gasteiger partial charge on any atom is -0.491 e. The Balaban J connectivity index is 1.81. The van der Waals surface area contributed by atoms with Crippen LogP contribution < -0.4 is 15.3 Å². The Hall–Kier alpha value is -3.84. The van der Waals surface area contributed by atoms with Gasteiger partial charge in [0.25, 0.3) is 0 Å². The first kappa shape index (κ1) is 29.6. The summed E-state index contributed by atoms with van der Waals surface area (Å²) in [7, 11) is 0. The molecule has 2 aliphatic rings. The minimum atomic E-state index is -4.99. The number of aldehydes is 1. The number of aliphatic hydroxyl groups is 1. The third-order valence-electron chi connectivity index (χ3n) is 7.84. The molecule has 1 N–H and O–H groups in total. The van der Waals surface area contributed by atoms with E-state index in [1.54, 1.807) is 9.80 Å². The second-order valence-corrected chi connectivity index (χ2v) is 10.3. The number of aromatic nitrogens is 2. The first-order chi connectivity index (χ1) is 20.0. The number of halogens is 5. The zero-order chi connectivity index (χ0) is 30.3. The Kier molecular flexibility index (Phi) is 8.08. The molecule has 3 atom stereocenters. The van der Waals surface area contributed by atoms with Crippen LogP contribution in [0.5, 0.6) is 5.75 Å². The summed E-state index contributed by atoms with van der Waals surface area (Å²) in [5, 5.41) is 10.6. The van der Waals surface area contributed by atoms with Crippen LogP contribution in [-0.4, -0.2) is 63.9 Å². The molecule has 0 radical (unpaired) electrons. The lowest BCUT2D eigenvalue weighted by molar-refractivity contribution is -0.137. The van der Waals surface area contributed by atoms with E-state index in [2.05, 4.69) is 11.6 Å². The molecule has 0 bridgehead atoms. The molecule has 0 saturated carbocycles. The number of nitrogens with zero attached hydrogens (tertiary/aromatic N) is 4. The Morgan fingerprint density at radius 1 is 1.21 bits per heavy atom. The maximum Gasteiger partial charge on any atom is 0.417 e. The van der Waals surface area contributed by atoms with Gasteiger partial charge in [-0.1, -0.05) is 13.5 Å². The summed E-state index contributed by atoms with van der Waals surface area (Å²) in [6.07, 6.45) is -3.27. The fourth-order valence-corrected chi connectivity index (χ4v) is 6.01. The SMILES string of the molecule is C=CC(O)N1C(CC)CN(c2nc(=O)n3c4c(c(-c5ccc(F)cc5F)c(C(F)(F)F)cc24)OCCC3)CC1CC=O. The molecule has 1 aromatic heterocycles. The van der Waals surface area contributed by atoms with Crippen molar-refractivity contribution in [3.63, 3.8) is 0 Å². The van der Waals surface area contributed by atoms with Gasteiger partial charge < -0.3 is 19.5 Å². The van der Waals surface area contributed by atoms with Crippen LogP contribution in [0.1, 0.15) is 31.7 Å². The van der Waals surface area contributed by atoms with E-state index >= 15 is 4.39 Å². The summed E-state index contributed by atoms with van der Waals surface area (Å²) in [4.78, 5) is 32.5. The highest BCUT2D eigenvalue weighted by Crippen LogP contribution is 2.48. The van der Waals surface area contributed by atoms with Crippen molar-refractivity contribution in [2.75, 3.05) is 24.6 Å². The number of anilines is 1. The number of aliphatic hydroxyl groups excluding tert-OH is 1. The lowest BCUT2D eigenvalue weighted by Gasteiger charge is -2.48. The number of alkyl halides is 3. The highest BCUT2D eigenvalue weighted by Gasteiger charge is 2.41. The monoisotopic (exact) mass is 592 g/mol. The lowest BCUT2D eigenvalue weighted by atomic mass is 9.94. The Labute approximate surface area is 237 Å². The highest BCUT2D eigenvalue weighted by molar-refractivity contribution is 6.00. The first-order valence-corrected chi connectivity index (χ1v) is 13.5. The second-order valence-electron chi connectivity index (χ2n) is 10.3. The number of ether oxygens (including phenoxy) is 1. The first-order valence-electron chi connectivity index (χ1n) is 13.5. The summed E-state index contributed by atoms with van der Waals surface area (Å²) in [6, 6.07) is 2.16. The number of hydrogen-bond donors (Lipinski definition) is 1. The number of carbonyl (C=O) groups excluding carboxylic acids is 1. The van der Waals surface area contributed by atoms with Crippen LogP contribution in [0.25, 0.3) is 22.0 Å².